The van der Waals surface area contributed by atoms with Crippen molar-refractivity contribution in [2.75, 3.05) is 11.9 Å². The second-order valence-corrected chi connectivity index (χ2v) is 8.89. The monoisotopic (exact) mass is 480 g/mol. The summed E-state index contributed by atoms with van der Waals surface area (Å²) >= 11 is 6.15. The topological polar surface area (TPSA) is 98.7 Å². The number of aliphatic hydroxyl groups is 1. The second-order valence-electron chi connectivity index (χ2n) is 8.49. The molecule has 0 heterocycles. The smallest absolute Gasteiger partial charge is 0.328 e. The SMILES string of the molecule is Cc1cc(C(C)Nc2cccc(-c3cc(C)c(C(=O)NC(CO)C(=O)O)c(C)c3)c2)ccc1Cl. The third-order valence-electron chi connectivity index (χ3n) is 5.81. The summed E-state index contributed by atoms with van der Waals surface area (Å²) in [6.07, 6.45) is 0. The highest BCUT2D eigenvalue weighted by atomic mass is 35.5. The average molecular weight is 481 g/mol. The molecule has 0 spiro atoms. The number of rotatable bonds is 8. The zero-order valence-electron chi connectivity index (χ0n) is 19.6. The molecule has 0 aromatic heterocycles. The van der Waals surface area contributed by atoms with Crippen molar-refractivity contribution >= 4 is 29.2 Å². The minimum absolute atomic E-state index is 0.0782. The van der Waals surface area contributed by atoms with Gasteiger partial charge in [-0.15, -0.1) is 0 Å². The number of amides is 1. The highest BCUT2D eigenvalue weighted by Crippen LogP contribution is 2.29. The number of hydrogen-bond donors (Lipinski definition) is 4. The van der Waals surface area contributed by atoms with Crippen LogP contribution in [0.1, 0.15) is 45.6 Å². The van der Waals surface area contributed by atoms with Gasteiger partial charge in [0.05, 0.1) is 6.61 Å². The minimum Gasteiger partial charge on any atom is -0.480 e. The van der Waals surface area contributed by atoms with Gasteiger partial charge >= 0.3 is 5.97 Å². The summed E-state index contributed by atoms with van der Waals surface area (Å²) in [4.78, 5) is 23.8. The van der Waals surface area contributed by atoms with E-state index in [1.165, 1.54) is 0 Å². The Morgan fingerprint density at radius 1 is 0.941 bits per heavy atom. The standard InChI is InChI=1S/C27H29ClN2O4/c1-15-10-19(8-9-23(15)28)18(4)29-22-7-5-6-20(13-22)21-11-16(2)25(17(3)12-21)26(32)30-24(14-31)27(33)34/h5-13,18,24,29,31H,14H2,1-4H3,(H,30,32)(H,33,34). The van der Waals surface area contributed by atoms with Crippen LogP contribution in [0.4, 0.5) is 5.69 Å². The van der Waals surface area contributed by atoms with E-state index in [1.54, 1.807) is 0 Å². The van der Waals surface area contributed by atoms with Crippen molar-refractivity contribution < 1.29 is 19.8 Å². The predicted molar refractivity (Wildman–Crippen MR) is 136 cm³/mol. The molecule has 3 aromatic rings. The van der Waals surface area contributed by atoms with Gasteiger partial charge in [-0.1, -0.05) is 48.0 Å². The number of anilines is 1. The summed E-state index contributed by atoms with van der Waals surface area (Å²) in [6.45, 7) is 7.03. The number of aliphatic carboxylic acids is 1. The van der Waals surface area contributed by atoms with Crippen molar-refractivity contribution in [1.82, 2.24) is 5.32 Å². The van der Waals surface area contributed by atoms with Gasteiger partial charge in [-0.05, 0) is 79.3 Å². The van der Waals surface area contributed by atoms with Crippen LogP contribution in [0.5, 0.6) is 0 Å². The van der Waals surface area contributed by atoms with Gasteiger partial charge in [-0.2, -0.15) is 0 Å². The molecular weight excluding hydrogens is 452 g/mol. The summed E-state index contributed by atoms with van der Waals surface area (Å²) in [7, 11) is 0. The molecule has 4 N–H and O–H groups in total. The maximum atomic E-state index is 12.7. The van der Waals surface area contributed by atoms with Gasteiger partial charge in [0.15, 0.2) is 6.04 Å². The molecule has 3 aromatic carbocycles. The van der Waals surface area contributed by atoms with Crippen LogP contribution in [-0.4, -0.2) is 34.7 Å². The lowest BCUT2D eigenvalue weighted by Crippen LogP contribution is -2.43. The van der Waals surface area contributed by atoms with Crippen LogP contribution in [0.3, 0.4) is 0 Å². The van der Waals surface area contributed by atoms with Crippen molar-refractivity contribution in [3.8, 4) is 11.1 Å². The number of carbonyl (C=O) groups is 2. The molecule has 34 heavy (non-hydrogen) atoms. The number of aryl methyl sites for hydroxylation is 3. The number of nitrogens with one attached hydrogen (secondary N) is 2. The van der Waals surface area contributed by atoms with Crippen LogP contribution >= 0.6 is 11.6 Å². The number of benzene rings is 3. The van der Waals surface area contributed by atoms with E-state index >= 15 is 0 Å². The lowest BCUT2D eigenvalue weighted by molar-refractivity contribution is -0.140. The summed E-state index contributed by atoms with van der Waals surface area (Å²) in [5.41, 5.74) is 6.91. The van der Waals surface area contributed by atoms with E-state index in [4.69, 9.17) is 16.7 Å². The van der Waals surface area contributed by atoms with E-state index in [1.807, 2.05) is 63.2 Å². The molecule has 0 saturated heterocycles. The van der Waals surface area contributed by atoms with Crippen molar-refractivity contribution in [1.29, 1.82) is 0 Å². The van der Waals surface area contributed by atoms with Crippen LogP contribution in [0, 0.1) is 20.8 Å². The fourth-order valence-corrected chi connectivity index (χ4v) is 4.08. The third kappa shape index (κ3) is 5.76. The first-order chi connectivity index (χ1) is 16.1. The summed E-state index contributed by atoms with van der Waals surface area (Å²) < 4.78 is 0. The molecule has 6 nitrogen and oxygen atoms in total. The number of carbonyl (C=O) groups excluding carboxylic acids is 1. The van der Waals surface area contributed by atoms with E-state index in [9.17, 15) is 14.7 Å². The summed E-state index contributed by atoms with van der Waals surface area (Å²) in [6, 6.07) is 16.6. The van der Waals surface area contributed by atoms with Gasteiger partial charge in [-0.25, -0.2) is 4.79 Å². The fraction of sp³-hybridized carbons (Fsp3) is 0.259. The Morgan fingerprint density at radius 2 is 1.62 bits per heavy atom. The zero-order valence-corrected chi connectivity index (χ0v) is 20.4. The Balaban J connectivity index is 1.84. The first-order valence-corrected chi connectivity index (χ1v) is 11.4. The van der Waals surface area contributed by atoms with Crippen LogP contribution in [0.2, 0.25) is 5.02 Å². The Hall–Kier alpha value is -3.35. The van der Waals surface area contributed by atoms with E-state index in [-0.39, 0.29) is 6.04 Å². The lowest BCUT2D eigenvalue weighted by Gasteiger charge is -2.18. The van der Waals surface area contributed by atoms with Crippen LogP contribution in [-0.2, 0) is 4.79 Å². The molecule has 2 unspecified atom stereocenters. The van der Waals surface area contributed by atoms with E-state index < -0.39 is 24.5 Å². The molecule has 0 saturated carbocycles. The lowest BCUT2D eigenvalue weighted by atomic mass is 9.94. The Labute approximate surface area is 204 Å². The number of halogens is 1. The molecule has 3 rings (SSSR count). The highest BCUT2D eigenvalue weighted by molar-refractivity contribution is 6.31. The van der Waals surface area contributed by atoms with Crippen LogP contribution < -0.4 is 10.6 Å². The van der Waals surface area contributed by atoms with Gasteiger partial charge in [0.1, 0.15) is 0 Å². The normalized spacial score (nSPS) is 12.6. The van der Waals surface area contributed by atoms with Crippen LogP contribution in [0.15, 0.2) is 54.6 Å². The minimum atomic E-state index is -1.35. The summed E-state index contributed by atoms with van der Waals surface area (Å²) in [5.74, 6) is -1.81. The molecule has 0 aliphatic rings. The average Bonchev–Trinajstić information content (AvgIpc) is 2.78. The Bertz CT molecular complexity index is 1200. The molecule has 0 aliphatic heterocycles. The predicted octanol–water partition coefficient (Wildman–Crippen LogP) is 5.28. The highest BCUT2D eigenvalue weighted by Gasteiger charge is 2.22. The number of carboxylic acids is 1. The molecule has 1 amide bonds. The third-order valence-corrected chi connectivity index (χ3v) is 6.23. The molecule has 0 bridgehead atoms. The fourth-order valence-electron chi connectivity index (χ4n) is 3.96. The summed E-state index contributed by atoms with van der Waals surface area (Å²) in [5, 5.41) is 24.9. The number of hydrogen-bond acceptors (Lipinski definition) is 4. The maximum Gasteiger partial charge on any atom is 0.328 e. The second kappa shape index (κ2) is 10.7. The molecule has 0 fully saturated rings. The number of aliphatic hydroxyl groups excluding tert-OH is 1. The van der Waals surface area contributed by atoms with Crippen molar-refractivity contribution in [2.45, 2.75) is 39.8 Å². The largest absolute Gasteiger partial charge is 0.480 e. The Kier molecular flexibility index (Phi) is 7.97. The molecule has 0 radical (unpaired) electrons. The first-order valence-electron chi connectivity index (χ1n) is 11.0. The van der Waals surface area contributed by atoms with Gasteiger partial charge in [0.25, 0.3) is 5.91 Å². The quantitative estimate of drug-likeness (QED) is 0.351. The number of carboxylic acid groups (broad SMARTS) is 1. The molecule has 178 valence electrons. The van der Waals surface area contributed by atoms with E-state index in [0.29, 0.717) is 5.56 Å². The van der Waals surface area contributed by atoms with Gasteiger partial charge in [0, 0.05) is 22.3 Å². The molecule has 2 atom stereocenters. The molecule has 0 aliphatic carbocycles. The van der Waals surface area contributed by atoms with Gasteiger partial charge < -0.3 is 20.8 Å². The van der Waals surface area contributed by atoms with Crippen molar-refractivity contribution in [3.63, 3.8) is 0 Å². The van der Waals surface area contributed by atoms with E-state index in [0.717, 1.165) is 44.1 Å². The Morgan fingerprint density at radius 3 is 2.21 bits per heavy atom. The molecular formula is C27H29ClN2O4. The first kappa shape index (κ1) is 25.3. The van der Waals surface area contributed by atoms with E-state index in [2.05, 4.69) is 29.7 Å². The van der Waals surface area contributed by atoms with Gasteiger partial charge in [-0.3, -0.25) is 4.79 Å². The van der Waals surface area contributed by atoms with Gasteiger partial charge in [0.2, 0.25) is 0 Å². The zero-order chi connectivity index (χ0) is 25.0. The molecule has 7 heteroatoms. The maximum absolute atomic E-state index is 12.7. The van der Waals surface area contributed by atoms with Crippen molar-refractivity contribution in [2.24, 2.45) is 0 Å². The van der Waals surface area contributed by atoms with Crippen LogP contribution in [0.25, 0.3) is 11.1 Å². The van der Waals surface area contributed by atoms with Crippen molar-refractivity contribution in [3.05, 3.63) is 87.4 Å².